The summed E-state index contributed by atoms with van der Waals surface area (Å²) in [6.45, 7) is 0. The van der Waals surface area contributed by atoms with Crippen LogP contribution in [0, 0.1) is 0 Å². The highest BCUT2D eigenvalue weighted by molar-refractivity contribution is 9.10. The van der Waals surface area contributed by atoms with Crippen molar-refractivity contribution in [1.82, 2.24) is 0 Å². The van der Waals surface area contributed by atoms with Gasteiger partial charge in [-0.05, 0) is 15.9 Å². The monoisotopic (exact) mass is 176 g/mol. The lowest BCUT2D eigenvalue weighted by Gasteiger charge is -1.85. The molecule has 44 valence electrons. The van der Waals surface area contributed by atoms with Crippen molar-refractivity contribution in [3.8, 4) is 5.75 Å². The van der Waals surface area contributed by atoms with E-state index in [9.17, 15) is 0 Å². The van der Waals surface area contributed by atoms with Crippen molar-refractivity contribution in [2.75, 3.05) is 7.11 Å². The van der Waals surface area contributed by atoms with Crippen LogP contribution in [-0.2, 0) is 0 Å². The van der Waals surface area contributed by atoms with Crippen LogP contribution in [0.5, 0.6) is 5.75 Å². The predicted octanol–water partition coefficient (Wildman–Crippen LogP) is 2.05. The quantitative estimate of drug-likeness (QED) is 0.654. The molecule has 0 fully saturated rings. The highest BCUT2D eigenvalue weighted by Gasteiger charge is 1.93. The third-order valence-electron chi connectivity index (χ3n) is 0.779. The molecule has 0 saturated heterocycles. The van der Waals surface area contributed by atoms with Crippen LogP contribution in [0.2, 0.25) is 0 Å². The Morgan fingerprint density at radius 1 is 1.75 bits per heavy atom. The summed E-state index contributed by atoms with van der Waals surface area (Å²) in [6, 6.07) is 1.75. The Balaban J connectivity index is 2.84. The molecule has 0 spiro atoms. The molecule has 0 bridgehead atoms. The first-order chi connectivity index (χ1) is 3.83. The molecular formula is C5H5BrO2. The van der Waals surface area contributed by atoms with Crippen LogP contribution in [0.1, 0.15) is 0 Å². The van der Waals surface area contributed by atoms with Gasteiger partial charge in [0, 0.05) is 6.07 Å². The van der Waals surface area contributed by atoms with E-state index in [0.29, 0.717) is 4.67 Å². The van der Waals surface area contributed by atoms with Crippen molar-refractivity contribution < 1.29 is 9.15 Å². The molecule has 0 aliphatic rings. The minimum Gasteiger partial charge on any atom is -0.493 e. The maximum Gasteiger partial charge on any atom is 0.172 e. The lowest BCUT2D eigenvalue weighted by Crippen LogP contribution is -1.75. The zero-order chi connectivity index (χ0) is 5.98. The fourth-order valence-electron chi connectivity index (χ4n) is 0.401. The third kappa shape index (κ3) is 1.04. The molecule has 0 amide bonds. The van der Waals surface area contributed by atoms with Crippen LogP contribution < -0.4 is 4.74 Å². The standard InChI is InChI=1S/C5H5BrO2/c1-7-4-2-5(6)8-3-4/h2-3H,1H3. The Morgan fingerprint density at radius 2 is 2.50 bits per heavy atom. The van der Waals surface area contributed by atoms with Gasteiger partial charge >= 0.3 is 0 Å². The molecule has 1 rings (SSSR count). The minimum atomic E-state index is 0.689. The highest BCUT2D eigenvalue weighted by atomic mass is 79.9. The van der Waals surface area contributed by atoms with E-state index in [1.54, 1.807) is 13.2 Å². The molecule has 8 heavy (non-hydrogen) atoms. The van der Waals surface area contributed by atoms with E-state index in [1.807, 2.05) is 0 Å². The Bertz CT molecular complexity index is 171. The van der Waals surface area contributed by atoms with E-state index >= 15 is 0 Å². The van der Waals surface area contributed by atoms with Crippen LogP contribution in [0.4, 0.5) is 0 Å². The van der Waals surface area contributed by atoms with Gasteiger partial charge in [-0.3, -0.25) is 0 Å². The molecular weight excluding hydrogens is 172 g/mol. The SMILES string of the molecule is COc1coc(Br)c1. The summed E-state index contributed by atoms with van der Waals surface area (Å²) >= 11 is 3.13. The van der Waals surface area contributed by atoms with Crippen molar-refractivity contribution in [1.29, 1.82) is 0 Å². The molecule has 0 aliphatic heterocycles. The number of furan rings is 1. The zero-order valence-electron chi connectivity index (χ0n) is 4.35. The largest absolute Gasteiger partial charge is 0.493 e. The van der Waals surface area contributed by atoms with E-state index in [4.69, 9.17) is 9.15 Å². The van der Waals surface area contributed by atoms with Crippen molar-refractivity contribution in [3.05, 3.63) is 17.0 Å². The van der Waals surface area contributed by atoms with Gasteiger partial charge in [-0.2, -0.15) is 0 Å². The third-order valence-corrected chi connectivity index (χ3v) is 1.19. The Morgan fingerprint density at radius 3 is 2.75 bits per heavy atom. The van der Waals surface area contributed by atoms with Gasteiger partial charge in [-0.15, -0.1) is 0 Å². The van der Waals surface area contributed by atoms with Crippen LogP contribution in [0.25, 0.3) is 0 Å². The molecule has 0 aliphatic carbocycles. The van der Waals surface area contributed by atoms with Gasteiger partial charge in [0.2, 0.25) is 0 Å². The smallest absolute Gasteiger partial charge is 0.172 e. The molecule has 0 unspecified atom stereocenters. The summed E-state index contributed by atoms with van der Waals surface area (Å²) < 4.78 is 10.3. The van der Waals surface area contributed by atoms with E-state index in [-0.39, 0.29) is 0 Å². The lowest BCUT2D eigenvalue weighted by molar-refractivity contribution is 0.405. The number of rotatable bonds is 1. The average Bonchev–Trinajstić information content (AvgIpc) is 2.14. The van der Waals surface area contributed by atoms with Crippen molar-refractivity contribution >= 4 is 15.9 Å². The molecule has 1 aromatic heterocycles. The summed E-state index contributed by atoms with van der Waals surface area (Å²) in [5, 5.41) is 0. The Kier molecular flexibility index (Phi) is 1.58. The topological polar surface area (TPSA) is 22.4 Å². The molecule has 1 heterocycles. The second kappa shape index (κ2) is 2.22. The van der Waals surface area contributed by atoms with Gasteiger partial charge < -0.3 is 9.15 Å². The van der Waals surface area contributed by atoms with E-state index in [0.717, 1.165) is 5.75 Å². The molecule has 1 aromatic rings. The average molecular weight is 177 g/mol. The highest BCUT2D eigenvalue weighted by Crippen LogP contribution is 2.19. The number of hydrogen-bond donors (Lipinski definition) is 0. The molecule has 3 heteroatoms. The first kappa shape index (κ1) is 5.69. The number of methoxy groups -OCH3 is 1. The number of hydrogen-bond acceptors (Lipinski definition) is 2. The zero-order valence-corrected chi connectivity index (χ0v) is 5.94. The van der Waals surface area contributed by atoms with Gasteiger partial charge in [0.05, 0.1) is 7.11 Å². The Hall–Kier alpha value is -0.440. The number of halogens is 1. The number of ether oxygens (including phenoxy) is 1. The first-order valence-electron chi connectivity index (χ1n) is 2.11. The van der Waals surface area contributed by atoms with Crippen LogP contribution in [0.15, 0.2) is 21.4 Å². The van der Waals surface area contributed by atoms with Crippen LogP contribution in [0.3, 0.4) is 0 Å². The van der Waals surface area contributed by atoms with Crippen LogP contribution in [-0.4, -0.2) is 7.11 Å². The molecule has 0 N–H and O–H groups in total. The van der Waals surface area contributed by atoms with Crippen molar-refractivity contribution in [3.63, 3.8) is 0 Å². The maximum atomic E-state index is 4.85. The molecule has 0 aromatic carbocycles. The lowest BCUT2D eigenvalue weighted by atomic mass is 10.6. The van der Waals surface area contributed by atoms with Gasteiger partial charge in [0.1, 0.15) is 6.26 Å². The summed E-state index contributed by atoms with van der Waals surface area (Å²) in [5.74, 6) is 0.733. The molecule has 0 saturated carbocycles. The maximum absolute atomic E-state index is 4.85. The van der Waals surface area contributed by atoms with Gasteiger partial charge in [-0.25, -0.2) is 0 Å². The van der Waals surface area contributed by atoms with Crippen molar-refractivity contribution in [2.45, 2.75) is 0 Å². The summed E-state index contributed by atoms with van der Waals surface area (Å²) in [4.78, 5) is 0. The molecule has 0 atom stereocenters. The van der Waals surface area contributed by atoms with Gasteiger partial charge in [0.15, 0.2) is 10.4 Å². The normalized spacial score (nSPS) is 9.25. The van der Waals surface area contributed by atoms with E-state index < -0.39 is 0 Å². The van der Waals surface area contributed by atoms with E-state index in [2.05, 4.69) is 15.9 Å². The van der Waals surface area contributed by atoms with Crippen LogP contribution >= 0.6 is 15.9 Å². The fraction of sp³-hybridized carbons (Fsp3) is 0.200. The summed E-state index contributed by atoms with van der Waals surface area (Å²) in [5.41, 5.74) is 0. The predicted molar refractivity (Wildman–Crippen MR) is 33.0 cm³/mol. The minimum absolute atomic E-state index is 0.689. The summed E-state index contributed by atoms with van der Waals surface area (Å²) in [7, 11) is 1.59. The van der Waals surface area contributed by atoms with Gasteiger partial charge in [0.25, 0.3) is 0 Å². The first-order valence-corrected chi connectivity index (χ1v) is 2.90. The van der Waals surface area contributed by atoms with Gasteiger partial charge in [-0.1, -0.05) is 0 Å². The fourth-order valence-corrected chi connectivity index (χ4v) is 0.720. The second-order valence-corrected chi connectivity index (χ2v) is 2.07. The van der Waals surface area contributed by atoms with Crippen molar-refractivity contribution in [2.24, 2.45) is 0 Å². The van der Waals surface area contributed by atoms with E-state index in [1.165, 1.54) is 6.26 Å². The second-order valence-electron chi connectivity index (χ2n) is 1.29. The Labute approximate surface area is 55.6 Å². The summed E-state index contributed by atoms with van der Waals surface area (Å²) in [6.07, 6.45) is 1.53. The molecule has 0 radical (unpaired) electrons. The molecule has 2 nitrogen and oxygen atoms in total.